The zero-order valence-corrected chi connectivity index (χ0v) is 19.3. The molecule has 0 aliphatic rings. The van der Waals surface area contributed by atoms with Gasteiger partial charge in [-0.15, -0.1) is 0 Å². The molecule has 0 spiro atoms. The van der Waals surface area contributed by atoms with Crippen LogP contribution in [-0.2, 0) is 4.74 Å². The number of anilines is 1. The van der Waals surface area contributed by atoms with E-state index >= 15 is 0 Å². The summed E-state index contributed by atoms with van der Waals surface area (Å²) in [6.07, 6.45) is 1.93. The molecule has 0 radical (unpaired) electrons. The summed E-state index contributed by atoms with van der Waals surface area (Å²) >= 11 is 0. The molecule has 0 fully saturated rings. The van der Waals surface area contributed by atoms with Crippen LogP contribution in [0.1, 0.15) is 55.6 Å². The molecule has 0 saturated carbocycles. The van der Waals surface area contributed by atoms with Gasteiger partial charge in [-0.25, -0.2) is 9.59 Å². The quantitative estimate of drug-likeness (QED) is 0.168. The van der Waals surface area contributed by atoms with Crippen molar-refractivity contribution >= 4 is 33.6 Å². The second kappa shape index (κ2) is 10.7. The van der Waals surface area contributed by atoms with Gasteiger partial charge < -0.3 is 24.0 Å². The lowest BCUT2D eigenvalue weighted by Crippen LogP contribution is -2.06. The van der Waals surface area contributed by atoms with Crippen molar-refractivity contribution in [1.82, 2.24) is 0 Å². The number of rotatable bonds is 6. The summed E-state index contributed by atoms with van der Waals surface area (Å²) in [6.45, 7) is 6.62. The van der Waals surface area contributed by atoms with E-state index in [1.165, 1.54) is 6.07 Å². The summed E-state index contributed by atoms with van der Waals surface area (Å²) in [4.78, 5) is 22.6. The Labute approximate surface area is 192 Å². The summed E-state index contributed by atoms with van der Waals surface area (Å²) < 4.78 is 21.4. The molecular formula is C26H29NO6. The fourth-order valence-corrected chi connectivity index (χ4v) is 3.26. The van der Waals surface area contributed by atoms with Crippen LogP contribution in [0.4, 0.5) is 5.69 Å². The molecule has 2 aromatic carbocycles. The Hall–Kier alpha value is -3.74. The third-order valence-corrected chi connectivity index (χ3v) is 5.02. The Morgan fingerprint density at radius 1 is 1.03 bits per heavy atom. The first kappa shape index (κ1) is 23.9. The number of hydrogen-bond donors (Lipinski definition) is 1. The Kier molecular flexibility index (Phi) is 7.77. The third kappa shape index (κ3) is 5.74. The van der Waals surface area contributed by atoms with E-state index in [4.69, 9.17) is 24.0 Å². The highest BCUT2D eigenvalue weighted by Gasteiger charge is 2.18. The van der Waals surface area contributed by atoms with Crippen LogP contribution >= 0.6 is 0 Å². The van der Waals surface area contributed by atoms with Crippen molar-refractivity contribution in [3.8, 4) is 5.75 Å². The predicted octanol–water partition coefficient (Wildman–Crippen LogP) is 5.90. The molecule has 0 aliphatic carbocycles. The smallest absolute Gasteiger partial charge is 0.338 e. The van der Waals surface area contributed by atoms with Crippen molar-refractivity contribution in [2.45, 2.75) is 39.5 Å². The summed E-state index contributed by atoms with van der Waals surface area (Å²) in [5.41, 5.74) is 7.52. The number of nitrogen functional groups attached to an aromatic ring is 1. The molecule has 7 nitrogen and oxygen atoms in total. The van der Waals surface area contributed by atoms with Gasteiger partial charge in [0, 0.05) is 29.1 Å². The van der Waals surface area contributed by atoms with E-state index in [-0.39, 0.29) is 17.5 Å². The number of esters is 1. The molecule has 0 aliphatic heterocycles. The van der Waals surface area contributed by atoms with Gasteiger partial charge in [0.25, 0.3) is 0 Å². The monoisotopic (exact) mass is 451 g/mol. The molecule has 2 heterocycles. The van der Waals surface area contributed by atoms with Gasteiger partial charge in [0.15, 0.2) is 5.75 Å². The number of methoxy groups -OCH3 is 1. The summed E-state index contributed by atoms with van der Waals surface area (Å²) in [7, 11) is 1.63. The Morgan fingerprint density at radius 2 is 1.76 bits per heavy atom. The standard InChI is InChI=1S/C15H14O4.C11H15NO2/c1-8(2)14-15(17-3)10-6-9-4-5-13(16)18-11(9)7-12(10)19-14;1-2-3-8-14-11(13)9-4-6-10(12)7-5-9/h4-8H,1-3H3;4-7H,2-3,8,12H2,1H3. The lowest BCUT2D eigenvalue weighted by Gasteiger charge is -2.03. The van der Waals surface area contributed by atoms with Gasteiger partial charge in [0.2, 0.25) is 0 Å². The van der Waals surface area contributed by atoms with Crippen molar-refractivity contribution in [1.29, 1.82) is 0 Å². The number of furan rings is 1. The fraction of sp³-hybridized carbons (Fsp3) is 0.308. The maximum atomic E-state index is 11.4. The third-order valence-electron chi connectivity index (χ3n) is 5.02. The van der Waals surface area contributed by atoms with Crippen LogP contribution in [0.25, 0.3) is 21.9 Å². The maximum absolute atomic E-state index is 11.4. The highest BCUT2D eigenvalue weighted by atomic mass is 16.5. The Morgan fingerprint density at radius 3 is 2.39 bits per heavy atom. The second-order valence-electron chi connectivity index (χ2n) is 7.91. The molecule has 174 valence electrons. The minimum Gasteiger partial charge on any atom is -0.492 e. The predicted molar refractivity (Wildman–Crippen MR) is 129 cm³/mol. The van der Waals surface area contributed by atoms with Crippen molar-refractivity contribution in [3.05, 3.63) is 70.3 Å². The molecule has 4 aromatic rings. The Bertz CT molecular complexity index is 1280. The van der Waals surface area contributed by atoms with Gasteiger partial charge in [0.1, 0.15) is 16.9 Å². The molecule has 2 N–H and O–H groups in total. The highest BCUT2D eigenvalue weighted by molar-refractivity contribution is 5.97. The van der Waals surface area contributed by atoms with E-state index in [1.807, 2.05) is 19.9 Å². The van der Waals surface area contributed by atoms with Gasteiger partial charge in [-0.05, 0) is 42.8 Å². The first-order valence-electron chi connectivity index (χ1n) is 10.9. The van der Waals surface area contributed by atoms with E-state index in [0.717, 1.165) is 35.1 Å². The Balaban J connectivity index is 0.000000196. The minimum atomic E-state index is -0.366. The second-order valence-corrected chi connectivity index (χ2v) is 7.91. The fourth-order valence-electron chi connectivity index (χ4n) is 3.26. The average Bonchev–Trinajstić information content (AvgIpc) is 3.16. The van der Waals surface area contributed by atoms with Gasteiger partial charge in [-0.1, -0.05) is 27.2 Å². The van der Waals surface area contributed by atoms with Crippen molar-refractivity contribution in [2.75, 3.05) is 19.5 Å². The number of benzene rings is 2. The van der Waals surface area contributed by atoms with E-state index in [1.54, 1.807) is 43.5 Å². The van der Waals surface area contributed by atoms with Crippen molar-refractivity contribution < 1.29 is 23.1 Å². The number of carbonyl (C=O) groups is 1. The highest BCUT2D eigenvalue weighted by Crippen LogP contribution is 2.38. The first-order valence-corrected chi connectivity index (χ1v) is 10.9. The van der Waals surface area contributed by atoms with Gasteiger partial charge in [-0.3, -0.25) is 0 Å². The van der Waals surface area contributed by atoms with Crippen LogP contribution in [0.2, 0.25) is 0 Å². The van der Waals surface area contributed by atoms with Gasteiger partial charge in [-0.2, -0.15) is 0 Å². The number of carbonyl (C=O) groups excluding carboxylic acids is 1. The molecule has 0 unspecified atom stereocenters. The molecule has 0 bridgehead atoms. The average molecular weight is 452 g/mol. The van der Waals surface area contributed by atoms with Gasteiger partial charge >= 0.3 is 11.6 Å². The molecule has 7 heteroatoms. The largest absolute Gasteiger partial charge is 0.492 e. The van der Waals surface area contributed by atoms with Crippen LogP contribution in [0, 0.1) is 0 Å². The number of hydrogen-bond acceptors (Lipinski definition) is 7. The molecular weight excluding hydrogens is 422 g/mol. The van der Waals surface area contributed by atoms with E-state index < -0.39 is 0 Å². The van der Waals surface area contributed by atoms with E-state index in [9.17, 15) is 9.59 Å². The lowest BCUT2D eigenvalue weighted by atomic mass is 10.1. The molecule has 0 atom stereocenters. The normalized spacial score (nSPS) is 10.8. The van der Waals surface area contributed by atoms with Crippen LogP contribution in [0.5, 0.6) is 5.75 Å². The number of fused-ring (bicyclic) bond motifs is 2. The zero-order chi connectivity index (χ0) is 24.0. The molecule has 0 amide bonds. The molecule has 0 saturated heterocycles. The summed E-state index contributed by atoms with van der Waals surface area (Å²) in [5, 5.41) is 1.74. The van der Waals surface area contributed by atoms with E-state index in [0.29, 0.717) is 29.0 Å². The summed E-state index contributed by atoms with van der Waals surface area (Å²) in [6, 6.07) is 13.5. The molecule has 33 heavy (non-hydrogen) atoms. The minimum absolute atomic E-state index is 0.220. The number of nitrogens with two attached hydrogens (primary N) is 1. The first-order chi connectivity index (χ1) is 15.8. The summed E-state index contributed by atoms with van der Waals surface area (Å²) in [5.74, 6) is 1.49. The van der Waals surface area contributed by atoms with Crippen molar-refractivity contribution in [3.63, 3.8) is 0 Å². The van der Waals surface area contributed by atoms with Crippen LogP contribution in [0.15, 0.2) is 62.2 Å². The SMILES string of the molecule is CCCCOC(=O)c1ccc(N)cc1.COc1c(C(C)C)oc2cc3oc(=O)ccc3cc12. The topological polar surface area (TPSA) is 105 Å². The van der Waals surface area contributed by atoms with Gasteiger partial charge in [0.05, 0.1) is 24.7 Å². The van der Waals surface area contributed by atoms with Crippen molar-refractivity contribution in [2.24, 2.45) is 0 Å². The number of ether oxygens (including phenoxy) is 2. The lowest BCUT2D eigenvalue weighted by molar-refractivity contribution is 0.0500. The number of unbranched alkanes of at least 4 members (excludes halogenated alkanes) is 1. The van der Waals surface area contributed by atoms with Crippen LogP contribution in [-0.4, -0.2) is 19.7 Å². The molecule has 4 rings (SSSR count). The maximum Gasteiger partial charge on any atom is 0.338 e. The van der Waals surface area contributed by atoms with Crippen LogP contribution in [0.3, 0.4) is 0 Å². The zero-order valence-electron chi connectivity index (χ0n) is 19.3. The van der Waals surface area contributed by atoms with E-state index in [2.05, 4.69) is 6.92 Å². The molecule has 2 aromatic heterocycles. The van der Waals surface area contributed by atoms with Crippen LogP contribution < -0.4 is 16.1 Å².